The van der Waals surface area contributed by atoms with E-state index in [1.807, 2.05) is 37.3 Å². The molecule has 1 unspecified atom stereocenters. The number of rotatable bonds is 5. The van der Waals surface area contributed by atoms with E-state index in [2.05, 4.69) is 25.8 Å². The van der Waals surface area contributed by atoms with Gasteiger partial charge in [0, 0.05) is 17.4 Å². The Morgan fingerprint density at radius 2 is 1.97 bits per heavy atom. The Bertz CT molecular complexity index is 1350. The number of hydrogen-bond acceptors (Lipinski definition) is 7. The molecule has 2 N–H and O–H groups in total. The van der Waals surface area contributed by atoms with Gasteiger partial charge in [-0.3, -0.25) is 9.20 Å². The highest BCUT2D eigenvalue weighted by Crippen LogP contribution is 2.25. The largest absolute Gasteiger partial charge is 0.444 e. The molecule has 176 valence electrons. The van der Waals surface area contributed by atoms with E-state index in [1.165, 1.54) is 6.20 Å². The number of carbonyl (C=O) groups is 2. The van der Waals surface area contributed by atoms with Gasteiger partial charge < -0.3 is 19.9 Å². The van der Waals surface area contributed by atoms with Crippen molar-refractivity contribution in [3.05, 3.63) is 65.9 Å². The molecule has 4 aromatic rings. The van der Waals surface area contributed by atoms with Crippen LogP contribution in [0.1, 0.15) is 55.7 Å². The Labute approximate surface area is 196 Å². The topological polar surface area (TPSA) is 124 Å². The summed E-state index contributed by atoms with van der Waals surface area (Å²) < 4.78 is 12.3. The summed E-state index contributed by atoms with van der Waals surface area (Å²) in [5.41, 5.74) is 2.62. The van der Waals surface area contributed by atoms with Crippen molar-refractivity contribution in [3.8, 4) is 11.4 Å². The van der Waals surface area contributed by atoms with Crippen LogP contribution in [0.25, 0.3) is 17.0 Å². The molecule has 3 aromatic heterocycles. The van der Waals surface area contributed by atoms with E-state index >= 15 is 0 Å². The zero-order valence-corrected chi connectivity index (χ0v) is 19.6. The lowest BCUT2D eigenvalue weighted by Gasteiger charge is -2.20. The van der Waals surface area contributed by atoms with Crippen molar-refractivity contribution in [2.75, 3.05) is 5.32 Å². The second-order valence-corrected chi connectivity index (χ2v) is 8.88. The average molecular weight is 463 g/mol. The third kappa shape index (κ3) is 5.06. The highest BCUT2D eigenvalue weighted by molar-refractivity contribution is 6.04. The van der Waals surface area contributed by atoms with E-state index < -0.39 is 17.7 Å². The van der Waals surface area contributed by atoms with Crippen LogP contribution in [0.5, 0.6) is 0 Å². The number of amides is 2. The zero-order valence-electron chi connectivity index (χ0n) is 19.6. The van der Waals surface area contributed by atoms with Crippen LogP contribution in [0.2, 0.25) is 0 Å². The molecule has 0 aliphatic heterocycles. The number of nitrogens with zero attached hydrogens (tertiary/aromatic N) is 4. The Hall–Kier alpha value is -4.21. The zero-order chi connectivity index (χ0) is 24.5. The molecule has 0 bridgehead atoms. The number of imidazole rings is 1. The number of pyridine rings is 1. The van der Waals surface area contributed by atoms with Crippen LogP contribution in [0, 0.1) is 6.92 Å². The van der Waals surface area contributed by atoms with Gasteiger partial charge in [0.1, 0.15) is 23.0 Å². The number of aromatic nitrogens is 4. The summed E-state index contributed by atoms with van der Waals surface area (Å²) in [5, 5.41) is 9.63. The first-order valence-electron chi connectivity index (χ1n) is 10.8. The lowest BCUT2D eigenvalue weighted by atomic mass is 10.1. The van der Waals surface area contributed by atoms with E-state index in [0.717, 1.165) is 5.56 Å². The second-order valence-electron chi connectivity index (χ2n) is 8.88. The number of fused-ring (bicyclic) bond motifs is 1. The number of benzene rings is 1. The summed E-state index contributed by atoms with van der Waals surface area (Å²) in [6, 6.07) is 10.4. The summed E-state index contributed by atoms with van der Waals surface area (Å²) in [6.07, 6.45) is 2.75. The van der Waals surface area contributed by atoms with E-state index in [-0.39, 0.29) is 11.8 Å². The van der Waals surface area contributed by atoms with Gasteiger partial charge in [-0.1, -0.05) is 23.4 Å². The number of carbonyl (C=O) groups excluding carboxylic acids is 2. The lowest BCUT2D eigenvalue weighted by Crippen LogP contribution is -2.34. The number of nitrogens with one attached hydrogen (secondary N) is 2. The quantitative estimate of drug-likeness (QED) is 0.446. The average Bonchev–Trinajstić information content (AvgIpc) is 3.41. The van der Waals surface area contributed by atoms with Crippen molar-refractivity contribution in [3.63, 3.8) is 0 Å². The molecule has 0 saturated carbocycles. The third-order valence-corrected chi connectivity index (χ3v) is 4.94. The first kappa shape index (κ1) is 23.0. The van der Waals surface area contributed by atoms with Gasteiger partial charge in [0.05, 0.1) is 6.20 Å². The number of anilines is 1. The summed E-state index contributed by atoms with van der Waals surface area (Å²) in [6.45, 7) is 8.96. The molecule has 4 rings (SSSR count). The van der Waals surface area contributed by atoms with Crippen LogP contribution < -0.4 is 10.6 Å². The van der Waals surface area contributed by atoms with Crippen molar-refractivity contribution < 1.29 is 18.8 Å². The van der Waals surface area contributed by atoms with Crippen LogP contribution in [0.3, 0.4) is 0 Å². The van der Waals surface area contributed by atoms with E-state index in [9.17, 15) is 9.59 Å². The smallest absolute Gasteiger partial charge is 0.408 e. The van der Waals surface area contributed by atoms with E-state index in [4.69, 9.17) is 9.26 Å². The normalized spacial score (nSPS) is 12.4. The van der Waals surface area contributed by atoms with Gasteiger partial charge in [-0.2, -0.15) is 4.98 Å². The molecule has 0 spiro atoms. The maximum absolute atomic E-state index is 12.9. The van der Waals surface area contributed by atoms with E-state index in [1.54, 1.807) is 44.4 Å². The fourth-order valence-electron chi connectivity index (χ4n) is 3.26. The molecule has 2 amide bonds. The first-order valence-corrected chi connectivity index (χ1v) is 10.8. The maximum Gasteiger partial charge on any atom is 0.408 e. The van der Waals surface area contributed by atoms with Crippen LogP contribution >= 0.6 is 0 Å². The van der Waals surface area contributed by atoms with Gasteiger partial charge in [-0.15, -0.1) is 0 Å². The molecule has 0 saturated heterocycles. The monoisotopic (exact) mass is 462 g/mol. The SMILES string of the molecule is Cc1ccc(-c2noc(C(C)NC(=O)OC(C)(C)C)n2)cc1NC(=O)c1cnc2ccccn12. The summed E-state index contributed by atoms with van der Waals surface area (Å²) in [4.78, 5) is 33.6. The fourth-order valence-corrected chi connectivity index (χ4v) is 3.26. The van der Waals surface area contributed by atoms with Crippen LogP contribution in [0.4, 0.5) is 10.5 Å². The molecular formula is C24H26N6O4. The van der Waals surface area contributed by atoms with Gasteiger partial charge >= 0.3 is 6.09 Å². The molecule has 0 fully saturated rings. The minimum atomic E-state index is -0.615. The van der Waals surface area contributed by atoms with Crippen LogP contribution in [-0.2, 0) is 4.74 Å². The summed E-state index contributed by atoms with van der Waals surface area (Å²) in [5.74, 6) is 0.277. The molecule has 10 nitrogen and oxygen atoms in total. The van der Waals surface area contributed by atoms with Crippen LogP contribution in [0.15, 0.2) is 53.3 Å². The number of aryl methyl sites for hydroxylation is 1. The molecule has 0 aliphatic carbocycles. The van der Waals surface area contributed by atoms with Gasteiger partial charge in [0.15, 0.2) is 0 Å². The van der Waals surface area contributed by atoms with Gasteiger partial charge in [0.25, 0.3) is 5.91 Å². The van der Waals surface area contributed by atoms with Crippen molar-refractivity contribution >= 4 is 23.3 Å². The van der Waals surface area contributed by atoms with Crippen molar-refractivity contribution in [1.82, 2.24) is 24.8 Å². The van der Waals surface area contributed by atoms with Gasteiger partial charge in [0.2, 0.25) is 11.7 Å². The van der Waals surface area contributed by atoms with E-state index in [0.29, 0.717) is 28.4 Å². The Morgan fingerprint density at radius 3 is 2.74 bits per heavy atom. The van der Waals surface area contributed by atoms with Gasteiger partial charge in [-0.05, 0) is 58.4 Å². The van der Waals surface area contributed by atoms with Crippen molar-refractivity contribution in [2.45, 2.75) is 46.3 Å². The summed E-state index contributed by atoms with van der Waals surface area (Å²) in [7, 11) is 0. The highest BCUT2D eigenvalue weighted by atomic mass is 16.6. The third-order valence-electron chi connectivity index (χ3n) is 4.94. The lowest BCUT2D eigenvalue weighted by molar-refractivity contribution is 0.0499. The fraction of sp³-hybridized carbons (Fsp3) is 0.292. The predicted octanol–water partition coefficient (Wildman–Crippen LogP) is 4.53. The molecule has 0 aliphatic rings. The maximum atomic E-state index is 12.9. The minimum Gasteiger partial charge on any atom is -0.444 e. The first-order chi connectivity index (χ1) is 16.1. The van der Waals surface area contributed by atoms with Crippen molar-refractivity contribution in [1.29, 1.82) is 0 Å². The molecule has 0 radical (unpaired) electrons. The van der Waals surface area contributed by atoms with Crippen LogP contribution in [-0.4, -0.2) is 37.1 Å². The summed E-state index contributed by atoms with van der Waals surface area (Å²) >= 11 is 0. The van der Waals surface area contributed by atoms with Gasteiger partial charge in [-0.25, -0.2) is 9.78 Å². The number of alkyl carbamates (subject to hydrolysis) is 1. The molecule has 1 atom stereocenters. The number of ether oxygens (including phenoxy) is 1. The highest BCUT2D eigenvalue weighted by Gasteiger charge is 2.22. The Morgan fingerprint density at radius 1 is 1.18 bits per heavy atom. The Kier molecular flexibility index (Phi) is 6.06. The standard InChI is InChI=1S/C24H26N6O4/c1-14-9-10-16(20-28-22(34-29-20)15(2)26-23(32)33-24(3,4)5)12-17(14)27-21(31)18-13-25-19-8-6-7-11-30(18)19/h6-13,15H,1-5H3,(H,26,32)(H,27,31). The molecule has 10 heteroatoms. The molecule has 3 heterocycles. The minimum absolute atomic E-state index is 0.234. The predicted molar refractivity (Wildman–Crippen MR) is 125 cm³/mol. The molecular weight excluding hydrogens is 436 g/mol. The molecule has 1 aromatic carbocycles. The second kappa shape index (κ2) is 8.97. The Balaban J connectivity index is 1.51. The van der Waals surface area contributed by atoms with Crippen molar-refractivity contribution in [2.24, 2.45) is 0 Å². The molecule has 34 heavy (non-hydrogen) atoms. The number of hydrogen-bond donors (Lipinski definition) is 2.